The Morgan fingerprint density at radius 1 is 1.15 bits per heavy atom. The predicted molar refractivity (Wildman–Crippen MR) is 67.0 cm³/mol. The molecule has 6 nitrogen and oxygen atoms in total. The number of aliphatic hydroxyl groups excluding tert-OH is 2. The Morgan fingerprint density at radius 2 is 1.80 bits per heavy atom. The second-order valence-electron chi connectivity index (χ2n) is 4.84. The normalized spacial score (nSPS) is 23.4. The number of likely N-dealkylation sites (tertiary alicyclic amines) is 1. The summed E-state index contributed by atoms with van der Waals surface area (Å²) >= 11 is 0. The number of hydrogen-bond acceptors (Lipinski definition) is 6. The Kier molecular flexibility index (Phi) is 3.47. The summed E-state index contributed by atoms with van der Waals surface area (Å²) in [6.45, 7) is 1.10. The van der Waals surface area contributed by atoms with Gasteiger partial charge in [0.15, 0.2) is 0 Å². The lowest BCUT2D eigenvalue weighted by atomic mass is 10.2. The lowest BCUT2D eigenvalue weighted by Gasteiger charge is -2.10. The van der Waals surface area contributed by atoms with Gasteiger partial charge in [-0.3, -0.25) is 4.90 Å². The van der Waals surface area contributed by atoms with Crippen LogP contribution in [0, 0.1) is 5.82 Å². The molecule has 20 heavy (non-hydrogen) atoms. The first-order valence-corrected chi connectivity index (χ1v) is 6.28. The van der Waals surface area contributed by atoms with Crippen LogP contribution < -0.4 is 0 Å². The molecule has 0 bridgehead atoms. The van der Waals surface area contributed by atoms with Gasteiger partial charge >= 0.3 is 0 Å². The third-order valence-electron chi connectivity index (χ3n) is 3.25. The highest BCUT2D eigenvalue weighted by atomic mass is 19.1. The van der Waals surface area contributed by atoms with Crippen molar-refractivity contribution in [2.75, 3.05) is 13.1 Å². The largest absolute Gasteiger partial charge is 0.419 e. The Labute approximate surface area is 114 Å². The SMILES string of the molecule is OC1CN(Cc2nnc(-c3ccc(F)cc3)o2)CC1O. The van der Waals surface area contributed by atoms with E-state index in [4.69, 9.17) is 4.42 Å². The van der Waals surface area contributed by atoms with Gasteiger partial charge in [0.2, 0.25) is 11.8 Å². The molecular formula is C13H14FN3O3. The van der Waals surface area contributed by atoms with Gasteiger partial charge < -0.3 is 14.6 Å². The van der Waals surface area contributed by atoms with Crippen molar-refractivity contribution >= 4 is 0 Å². The van der Waals surface area contributed by atoms with E-state index in [0.717, 1.165) is 0 Å². The van der Waals surface area contributed by atoms with Crippen LogP contribution in [0.25, 0.3) is 11.5 Å². The van der Waals surface area contributed by atoms with Crippen LogP contribution in [0.15, 0.2) is 28.7 Å². The molecule has 2 unspecified atom stereocenters. The molecule has 0 amide bonds. The molecule has 3 rings (SSSR count). The highest BCUT2D eigenvalue weighted by Crippen LogP contribution is 2.20. The van der Waals surface area contributed by atoms with Crippen molar-refractivity contribution in [3.05, 3.63) is 36.0 Å². The van der Waals surface area contributed by atoms with E-state index in [1.54, 1.807) is 12.1 Å². The molecule has 1 saturated heterocycles. The van der Waals surface area contributed by atoms with Crippen molar-refractivity contribution in [1.29, 1.82) is 0 Å². The van der Waals surface area contributed by atoms with E-state index in [2.05, 4.69) is 10.2 Å². The average molecular weight is 279 g/mol. The van der Waals surface area contributed by atoms with Crippen LogP contribution >= 0.6 is 0 Å². The van der Waals surface area contributed by atoms with E-state index in [9.17, 15) is 14.6 Å². The maximum atomic E-state index is 12.8. The molecule has 0 spiro atoms. The van der Waals surface area contributed by atoms with Gasteiger partial charge in [0, 0.05) is 18.7 Å². The van der Waals surface area contributed by atoms with Crippen molar-refractivity contribution < 1.29 is 19.0 Å². The van der Waals surface area contributed by atoms with Crippen molar-refractivity contribution in [2.45, 2.75) is 18.8 Å². The second kappa shape index (κ2) is 5.28. The van der Waals surface area contributed by atoms with Crippen LogP contribution in [0.2, 0.25) is 0 Å². The maximum absolute atomic E-state index is 12.8. The average Bonchev–Trinajstić information content (AvgIpc) is 2.99. The minimum absolute atomic E-state index is 0.320. The molecule has 1 fully saturated rings. The van der Waals surface area contributed by atoms with Crippen LogP contribution in [-0.4, -0.2) is 50.6 Å². The molecule has 0 aliphatic carbocycles. The summed E-state index contributed by atoms with van der Waals surface area (Å²) in [5, 5.41) is 26.7. The molecule has 1 aromatic carbocycles. The summed E-state index contributed by atoms with van der Waals surface area (Å²) in [6.07, 6.45) is -1.48. The molecule has 2 heterocycles. The third kappa shape index (κ3) is 2.69. The molecule has 7 heteroatoms. The Bertz CT molecular complexity index is 577. The van der Waals surface area contributed by atoms with E-state index in [0.29, 0.717) is 37.0 Å². The molecular weight excluding hydrogens is 265 g/mol. The van der Waals surface area contributed by atoms with E-state index < -0.39 is 12.2 Å². The standard InChI is InChI=1S/C13H14FN3O3/c14-9-3-1-8(2-4-9)13-16-15-12(20-13)7-17-5-10(18)11(19)6-17/h1-4,10-11,18-19H,5-7H2. The molecule has 2 atom stereocenters. The van der Waals surface area contributed by atoms with Crippen molar-refractivity contribution in [3.63, 3.8) is 0 Å². The first-order valence-electron chi connectivity index (χ1n) is 6.28. The monoisotopic (exact) mass is 279 g/mol. The topological polar surface area (TPSA) is 82.6 Å². The molecule has 1 aliphatic heterocycles. The van der Waals surface area contributed by atoms with Gasteiger partial charge in [-0.05, 0) is 24.3 Å². The molecule has 2 aromatic rings. The van der Waals surface area contributed by atoms with Crippen LogP contribution in [0.4, 0.5) is 4.39 Å². The molecule has 0 radical (unpaired) electrons. The number of aliphatic hydroxyl groups is 2. The van der Waals surface area contributed by atoms with Gasteiger partial charge in [-0.1, -0.05) is 0 Å². The van der Waals surface area contributed by atoms with E-state index in [1.165, 1.54) is 12.1 Å². The fourth-order valence-corrected chi connectivity index (χ4v) is 2.19. The lowest BCUT2D eigenvalue weighted by molar-refractivity contribution is 0.0572. The zero-order chi connectivity index (χ0) is 14.1. The smallest absolute Gasteiger partial charge is 0.247 e. The highest BCUT2D eigenvalue weighted by Gasteiger charge is 2.30. The van der Waals surface area contributed by atoms with E-state index >= 15 is 0 Å². The molecule has 0 saturated carbocycles. The predicted octanol–water partition coefficient (Wildman–Crippen LogP) is 0.413. The summed E-state index contributed by atoms with van der Waals surface area (Å²) in [5.74, 6) is 0.388. The van der Waals surface area contributed by atoms with Crippen molar-refractivity contribution in [2.24, 2.45) is 0 Å². The van der Waals surface area contributed by atoms with Gasteiger partial charge in [-0.15, -0.1) is 10.2 Å². The quantitative estimate of drug-likeness (QED) is 0.847. The first-order chi connectivity index (χ1) is 9.61. The van der Waals surface area contributed by atoms with Gasteiger partial charge in [0.25, 0.3) is 0 Å². The number of aromatic nitrogens is 2. The van der Waals surface area contributed by atoms with Crippen LogP contribution in [0.1, 0.15) is 5.89 Å². The Morgan fingerprint density at radius 3 is 2.45 bits per heavy atom. The zero-order valence-electron chi connectivity index (χ0n) is 10.6. The summed E-state index contributed by atoms with van der Waals surface area (Å²) in [7, 11) is 0. The van der Waals surface area contributed by atoms with Crippen molar-refractivity contribution in [1.82, 2.24) is 15.1 Å². The maximum Gasteiger partial charge on any atom is 0.247 e. The Hall–Kier alpha value is -1.83. The van der Waals surface area contributed by atoms with Gasteiger partial charge in [0.1, 0.15) is 5.82 Å². The molecule has 106 valence electrons. The molecule has 2 N–H and O–H groups in total. The summed E-state index contributed by atoms with van der Waals surface area (Å²) < 4.78 is 18.3. The lowest BCUT2D eigenvalue weighted by Crippen LogP contribution is -2.22. The van der Waals surface area contributed by atoms with Crippen molar-refractivity contribution in [3.8, 4) is 11.5 Å². The number of nitrogens with zero attached hydrogens (tertiary/aromatic N) is 3. The Balaban J connectivity index is 1.69. The fraction of sp³-hybridized carbons (Fsp3) is 0.385. The van der Waals surface area contributed by atoms with Gasteiger partial charge in [0.05, 0.1) is 18.8 Å². The van der Waals surface area contributed by atoms with E-state index in [-0.39, 0.29) is 5.82 Å². The summed E-state index contributed by atoms with van der Waals surface area (Å²) in [4.78, 5) is 1.83. The zero-order valence-corrected chi connectivity index (χ0v) is 10.6. The number of halogens is 1. The second-order valence-corrected chi connectivity index (χ2v) is 4.84. The summed E-state index contributed by atoms with van der Waals surface area (Å²) in [5.41, 5.74) is 0.645. The highest BCUT2D eigenvalue weighted by molar-refractivity contribution is 5.51. The summed E-state index contributed by atoms with van der Waals surface area (Å²) in [6, 6.07) is 5.78. The van der Waals surface area contributed by atoms with Crippen LogP contribution in [0.3, 0.4) is 0 Å². The fourth-order valence-electron chi connectivity index (χ4n) is 2.19. The minimum atomic E-state index is -0.741. The molecule has 1 aliphatic rings. The first kappa shape index (κ1) is 13.2. The number of rotatable bonds is 3. The molecule has 1 aromatic heterocycles. The van der Waals surface area contributed by atoms with Gasteiger partial charge in [-0.25, -0.2) is 4.39 Å². The number of β-amino-alcohol motifs (C(OH)–C–C–N with tert-alkyl or cyclic N) is 2. The minimum Gasteiger partial charge on any atom is -0.419 e. The number of benzene rings is 1. The van der Waals surface area contributed by atoms with Crippen LogP contribution in [0.5, 0.6) is 0 Å². The van der Waals surface area contributed by atoms with E-state index in [1.807, 2.05) is 4.90 Å². The van der Waals surface area contributed by atoms with Crippen LogP contribution in [-0.2, 0) is 6.54 Å². The third-order valence-corrected chi connectivity index (χ3v) is 3.25. The number of hydrogen-bond donors (Lipinski definition) is 2. The van der Waals surface area contributed by atoms with Gasteiger partial charge in [-0.2, -0.15) is 0 Å².